The Morgan fingerprint density at radius 1 is 1.57 bits per heavy atom. The van der Waals surface area contributed by atoms with Gasteiger partial charge in [0.25, 0.3) is 5.56 Å². The Morgan fingerprint density at radius 3 is 2.79 bits per heavy atom. The van der Waals surface area contributed by atoms with Crippen LogP contribution in [-0.2, 0) is 6.54 Å². The molecule has 1 aromatic heterocycles. The van der Waals surface area contributed by atoms with E-state index in [4.69, 9.17) is 5.11 Å². The van der Waals surface area contributed by atoms with Gasteiger partial charge in [-0.2, -0.15) is 0 Å². The van der Waals surface area contributed by atoms with Gasteiger partial charge in [0, 0.05) is 24.9 Å². The number of hydrogen-bond donors (Lipinski definition) is 2. The number of nitrogens with one attached hydrogen (secondary N) is 1. The minimum Gasteiger partial charge on any atom is -0.396 e. The lowest BCUT2D eigenvalue weighted by atomic mass is 10.2. The van der Waals surface area contributed by atoms with Crippen LogP contribution < -0.4 is 11.2 Å². The van der Waals surface area contributed by atoms with E-state index < -0.39 is 5.69 Å². The monoisotopic (exact) mass is 198 g/mol. The van der Waals surface area contributed by atoms with E-state index in [-0.39, 0.29) is 18.1 Å². The average Bonchev–Trinajstić information content (AvgIpc) is 2.14. The quantitative estimate of drug-likeness (QED) is 0.685. The fraction of sp³-hybridized carbons (Fsp3) is 0.556. The summed E-state index contributed by atoms with van der Waals surface area (Å²) >= 11 is 0. The summed E-state index contributed by atoms with van der Waals surface area (Å²) in [6, 6.07) is 0. The van der Waals surface area contributed by atoms with Gasteiger partial charge in [0.1, 0.15) is 0 Å². The van der Waals surface area contributed by atoms with Crippen LogP contribution in [0.1, 0.15) is 12.5 Å². The Balaban J connectivity index is 3.04. The standard InChI is InChI=1S/C9H14N2O3/c1-6(5-12)3-11-4-7(2)8(13)10-9(11)14/h4,6,12H,3,5H2,1-2H3,(H,10,13,14)/t6-/m1/s1. The molecule has 0 saturated heterocycles. The van der Waals surface area contributed by atoms with Crippen LogP contribution in [0.2, 0.25) is 0 Å². The van der Waals surface area contributed by atoms with Crippen molar-refractivity contribution in [3.63, 3.8) is 0 Å². The predicted molar refractivity (Wildman–Crippen MR) is 52.3 cm³/mol. The van der Waals surface area contributed by atoms with Crippen molar-refractivity contribution in [3.05, 3.63) is 32.6 Å². The number of aliphatic hydroxyl groups excluding tert-OH is 1. The topological polar surface area (TPSA) is 75.1 Å². The van der Waals surface area contributed by atoms with Gasteiger partial charge in [-0.3, -0.25) is 14.3 Å². The smallest absolute Gasteiger partial charge is 0.328 e. The number of hydrogen-bond acceptors (Lipinski definition) is 3. The summed E-state index contributed by atoms with van der Waals surface area (Å²) in [6.07, 6.45) is 1.51. The van der Waals surface area contributed by atoms with E-state index in [1.54, 1.807) is 6.92 Å². The van der Waals surface area contributed by atoms with Gasteiger partial charge in [0.15, 0.2) is 0 Å². The van der Waals surface area contributed by atoms with Crippen molar-refractivity contribution in [1.29, 1.82) is 0 Å². The van der Waals surface area contributed by atoms with Gasteiger partial charge in [-0.05, 0) is 12.8 Å². The van der Waals surface area contributed by atoms with E-state index in [2.05, 4.69) is 4.98 Å². The molecule has 5 heteroatoms. The summed E-state index contributed by atoms with van der Waals surface area (Å²) in [5.74, 6) is -0.00185. The lowest BCUT2D eigenvalue weighted by Crippen LogP contribution is -2.32. The first-order chi connectivity index (χ1) is 6.54. The fourth-order valence-corrected chi connectivity index (χ4v) is 1.15. The van der Waals surface area contributed by atoms with Crippen LogP contribution in [0.3, 0.4) is 0 Å². The van der Waals surface area contributed by atoms with Crippen molar-refractivity contribution in [2.24, 2.45) is 5.92 Å². The zero-order valence-electron chi connectivity index (χ0n) is 8.28. The van der Waals surface area contributed by atoms with Crippen LogP contribution in [0.15, 0.2) is 15.8 Å². The molecule has 5 nitrogen and oxygen atoms in total. The van der Waals surface area contributed by atoms with Crippen LogP contribution in [0.5, 0.6) is 0 Å². The Labute approximate surface area is 81.0 Å². The molecule has 0 amide bonds. The van der Waals surface area contributed by atoms with E-state index in [1.165, 1.54) is 10.8 Å². The first-order valence-electron chi connectivity index (χ1n) is 4.46. The van der Waals surface area contributed by atoms with E-state index in [1.807, 2.05) is 6.92 Å². The third-order valence-electron chi connectivity index (χ3n) is 2.01. The van der Waals surface area contributed by atoms with Crippen molar-refractivity contribution in [2.75, 3.05) is 6.61 Å². The lowest BCUT2D eigenvalue weighted by molar-refractivity contribution is 0.221. The maximum Gasteiger partial charge on any atom is 0.328 e. The summed E-state index contributed by atoms with van der Waals surface area (Å²) < 4.78 is 1.40. The SMILES string of the molecule is Cc1cn(C[C@@H](C)CO)c(=O)[nH]c1=O. The van der Waals surface area contributed by atoms with E-state index in [9.17, 15) is 9.59 Å². The van der Waals surface area contributed by atoms with Crippen LogP contribution in [-0.4, -0.2) is 21.3 Å². The normalized spacial score (nSPS) is 12.8. The summed E-state index contributed by atoms with van der Waals surface area (Å²) in [7, 11) is 0. The molecular weight excluding hydrogens is 184 g/mol. The molecule has 0 fully saturated rings. The van der Waals surface area contributed by atoms with Gasteiger partial charge in [-0.1, -0.05) is 6.92 Å². The molecule has 78 valence electrons. The molecule has 14 heavy (non-hydrogen) atoms. The van der Waals surface area contributed by atoms with Gasteiger partial charge >= 0.3 is 5.69 Å². The summed E-state index contributed by atoms with van der Waals surface area (Å²) in [6.45, 7) is 3.89. The third-order valence-corrected chi connectivity index (χ3v) is 2.01. The zero-order chi connectivity index (χ0) is 10.7. The Bertz CT molecular complexity index is 419. The van der Waals surface area contributed by atoms with E-state index in [0.29, 0.717) is 12.1 Å². The average molecular weight is 198 g/mol. The largest absolute Gasteiger partial charge is 0.396 e. The molecule has 1 atom stereocenters. The Hall–Kier alpha value is -1.36. The second-order valence-corrected chi connectivity index (χ2v) is 3.51. The highest BCUT2D eigenvalue weighted by molar-refractivity contribution is 5.00. The van der Waals surface area contributed by atoms with Crippen molar-refractivity contribution >= 4 is 0 Å². The number of nitrogens with zero attached hydrogens (tertiary/aromatic N) is 1. The second-order valence-electron chi connectivity index (χ2n) is 3.51. The summed E-state index contributed by atoms with van der Waals surface area (Å²) in [4.78, 5) is 24.5. The number of H-pyrrole nitrogens is 1. The van der Waals surface area contributed by atoms with Crippen molar-refractivity contribution in [3.8, 4) is 0 Å². The molecule has 0 aromatic carbocycles. The molecule has 0 saturated carbocycles. The van der Waals surface area contributed by atoms with Crippen LogP contribution in [0, 0.1) is 12.8 Å². The predicted octanol–water partition coefficient (Wildman–Crippen LogP) is -0.527. The van der Waals surface area contributed by atoms with Crippen LogP contribution >= 0.6 is 0 Å². The fourth-order valence-electron chi connectivity index (χ4n) is 1.15. The highest BCUT2D eigenvalue weighted by Gasteiger charge is 2.04. The summed E-state index contributed by atoms with van der Waals surface area (Å²) in [5.41, 5.74) is -0.293. The van der Waals surface area contributed by atoms with Crippen molar-refractivity contribution < 1.29 is 5.11 Å². The molecule has 1 heterocycles. The molecule has 0 aliphatic heterocycles. The van der Waals surface area contributed by atoms with Gasteiger partial charge < -0.3 is 5.11 Å². The number of aryl methyl sites for hydroxylation is 1. The number of aromatic amines is 1. The minimum atomic E-state index is -0.430. The molecule has 0 radical (unpaired) electrons. The number of aliphatic hydroxyl groups is 1. The molecule has 2 N–H and O–H groups in total. The van der Waals surface area contributed by atoms with Crippen molar-refractivity contribution in [1.82, 2.24) is 9.55 Å². The first-order valence-corrected chi connectivity index (χ1v) is 4.46. The molecule has 0 aliphatic rings. The molecule has 0 bridgehead atoms. The van der Waals surface area contributed by atoms with E-state index >= 15 is 0 Å². The maximum absolute atomic E-state index is 11.3. The minimum absolute atomic E-state index is 0.00185. The van der Waals surface area contributed by atoms with Gasteiger partial charge in [-0.25, -0.2) is 4.79 Å². The Morgan fingerprint density at radius 2 is 2.21 bits per heavy atom. The number of aromatic nitrogens is 2. The third kappa shape index (κ3) is 2.32. The molecule has 0 spiro atoms. The highest BCUT2D eigenvalue weighted by atomic mass is 16.3. The zero-order valence-corrected chi connectivity index (χ0v) is 8.28. The van der Waals surface area contributed by atoms with Gasteiger partial charge in [0.05, 0.1) is 0 Å². The highest BCUT2D eigenvalue weighted by Crippen LogP contribution is 1.96. The molecule has 1 rings (SSSR count). The number of rotatable bonds is 3. The molecule has 1 aromatic rings. The maximum atomic E-state index is 11.3. The lowest BCUT2D eigenvalue weighted by Gasteiger charge is -2.10. The van der Waals surface area contributed by atoms with Crippen molar-refractivity contribution in [2.45, 2.75) is 20.4 Å². The first kappa shape index (κ1) is 10.7. The second kappa shape index (κ2) is 4.23. The molecule has 0 unspecified atom stereocenters. The van der Waals surface area contributed by atoms with Gasteiger partial charge in [0.2, 0.25) is 0 Å². The Kier molecular flexibility index (Phi) is 3.24. The van der Waals surface area contributed by atoms with E-state index in [0.717, 1.165) is 0 Å². The molecule has 0 aliphatic carbocycles. The van der Waals surface area contributed by atoms with Crippen LogP contribution in [0.25, 0.3) is 0 Å². The van der Waals surface area contributed by atoms with Gasteiger partial charge in [-0.15, -0.1) is 0 Å². The van der Waals surface area contributed by atoms with Crippen LogP contribution in [0.4, 0.5) is 0 Å². The summed E-state index contributed by atoms with van der Waals surface area (Å²) in [5, 5.41) is 8.82. The molecular formula is C9H14N2O3.